The van der Waals surface area contributed by atoms with Gasteiger partial charge in [-0.2, -0.15) is 0 Å². The molecule has 5 rings (SSSR count). The molecule has 2 aliphatic heterocycles. The quantitative estimate of drug-likeness (QED) is 0.667. The first kappa shape index (κ1) is 21.7. The summed E-state index contributed by atoms with van der Waals surface area (Å²) in [6, 6.07) is 28.1. The Balaban J connectivity index is 0.00000231. The predicted molar refractivity (Wildman–Crippen MR) is 123 cm³/mol. The van der Waals surface area contributed by atoms with Crippen LogP contribution in [-0.2, 0) is 0 Å². The van der Waals surface area contributed by atoms with E-state index in [1.165, 1.54) is 60.2 Å². The number of likely N-dealkylation sites (tertiary alicyclic amines) is 1. The van der Waals surface area contributed by atoms with E-state index in [-0.39, 0.29) is 18.3 Å². The molecule has 0 aromatic heterocycles. The lowest BCUT2D eigenvalue weighted by Gasteiger charge is -2.34. The maximum atomic E-state index is 6.63. The van der Waals surface area contributed by atoms with Gasteiger partial charge in [-0.05, 0) is 43.4 Å². The summed E-state index contributed by atoms with van der Waals surface area (Å²) >= 11 is 0. The Morgan fingerprint density at radius 2 is 1.42 bits per heavy atom. The van der Waals surface area contributed by atoms with Gasteiger partial charge in [0.1, 0.15) is 18.1 Å². The number of fused-ring (bicyclic) bond motifs is 1. The third kappa shape index (κ3) is 4.42. The van der Waals surface area contributed by atoms with E-state index in [1.54, 1.807) is 4.90 Å². The van der Waals surface area contributed by atoms with Gasteiger partial charge in [0.2, 0.25) is 0 Å². The monoisotopic (exact) mass is 431 g/mol. The topological polar surface area (TPSA) is 13.7 Å². The van der Waals surface area contributed by atoms with Crippen LogP contribution in [0.15, 0.2) is 84.4 Å². The van der Waals surface area contributed by atoms with Gasteiger partial charge in [0, 0.05) is 22.6 Å². The number of halogens is 1. The molecule has 160 valence electrons. The first-order valence-corrected chi connectivity index (χ1v) is 11.3. The molecule has 3 heteroatoms. The molecule has 0 saturated carbocycles. The molecule has 1 fully saturated rings. The van der Waals surface area contributed by atoms with Crippen LogP contribution in [0, 0.1) is 6.92 Å². The number of aryl methyl sites for hydroxylation is 1. The van der Waals surface area contributed by atoms with Crippen LogP contribution in [0.4, 0.5) is 0 Å². The number of hydrogen-bond acceptors (Lipinski definition) is 1. The lowest BCUT2D eigenvalue weighted by atomic mass is 9.79. The highest BCUT2D eigenvalue weighted by atomic mass is 35.5. The molecule has 31 heavy (non-hydrogen) atoms. The van der Waals surface area contributed by atoms with Crippen LogP contribution in [0.25, 0.3) is 5.76 Å². The zero-order valence-corrected chi connectivity index (χ0v) is 18.9. The number of hydrogen-bond donors (Lipinski definition) is 1. The molecule has 2 aliphatic rings. The molecule has 1 N–H and O–H groups in total. The van der Waals surface area contributed by atoms with Gasteiger partial charge in [0.05, 0.1) is 13.1 Å². The van der Waals surface area contributed by atoms with Gasteiger partial charge in [-0.1, -0.05) is 72.8 Å². The van der Waals surface area contributed by atoms with Crippen LogP contribution >= 0.6 is 0 Å². The molecule has 1 saturated heterocycles. The Kier molecular flexibility index (Phi) is 6.80. The van der Waals surface area contributed by atoms with Gasteiger partial charge in [0.25, 0.3) is 0 Å². The van der Waals surface area contributed by atoms with E-state index in [0.717, 1.165) is 18.1 Å². The van der Waals surface area contributed by atoms with E-state index in [2.05, 4.69) is 85.8 Å². The Bertz CT molecular complexity index is 1050. The molecule has 0 spiro atoms. The third-order valence-electron chi connectivity index (χ3n) is 6.62. The van der Waals surface area contributed by atoms with Crippen molar-refractivity contribution >= 4 is 5.76 Å². The van der Waals surface area contributed by atoms with Crippen molar-refractivity contribution in [2.75, 3.05) is 19.6 Å². The van der Waals surface area contributed by atoms with Gasteiger partial charge < -0.3 is 22.0 Å². The minimum atomic E-state index is 0. The Labute approximate surface area is 192 Å². The van der Waals surface area contributed by atoms with E-state index in [0.29, 0.717) is 0 Å². The van der Waals surface area contributed by atoms with E-state index in [4.69, 9.17) is 4.74 Å². The largest absolute Gasteiger partial charge is 1.00 e. The average Bonchev–Trinajstić information content (AvgIpc) is 2.80. The van der Waals surface area contributed by atoms with Crippen LogP contribution < -0.4 is 22.0 Å². The van der Waals surface area contributed by atoms with Crippen LogP contribution in [0.1, 0.15) is 47.4 Å². The number of rotatable bonds is 4. The first-order valence-electron chi connectivity index (χ1n) is 11.3. The van der Waals surface area contributed by atoms with Gasteiger partial charge in [0.15, 0.2) is 0 Å². The SMILES string of the molecule is Cc1ccccc1C1C(C[NH+]2CCCCC2)=C(c2ccccc2)Oc2ccccc21.[Cl-]. The second kappa shape index (κ2) is 9.72. The second-order valence-electron chi connectivity index (χ2n) is 8.64. The number of benzene rings is 3. The number of nitrogens with one attached hydrogen (secondary N) is 1. The summed E-state index contributed by atoms with van der Waals surface area (Å²) in [5.74, 6) is 2.28. The lowest BCUT2D eigenvalue weighted by Crippen LogP contribution is -3.13. The smallest absolute Gasteiger partial charge is 0.140 e. The van der Waals surface area contributed by atoms with Crippen LogP contribution in [0.3, 0.4) is 0 Å². The van der Waals surface area contributed by atoms with E-state index >= 15 is 0 Å². The van der Waals surface area contributed by atoms with Gasteiger partial charge in [-0.25, -0.2) is 0 Å². The summed E-state index contributed by atoms with van der Waals surface area (Å²) in [7, 11) is 0. The fraction of sp³-hybridized carbons (Fsp3) is 0.286. The summed E-state index contributed by atoms with van der Waals surface area (Å²) in [6.07, 6.45) is 4.03. The standard InChI is InChI=1S/C28H29NO.ClH/c1-21-12-6-7-15-23(21)27-24-16-8-9-17-26(24)30-28(22-13-4-2-5-14-22)25(27)20-29-18-10-3-11-19-29;/h2,4-9,12-17,27H,3,10-11,18-20H2,1H3;1H. The number of ether oxygens (including phenoxy) is 1. The third-order valence-corrected chi connectivity index (χ3v) is 6.62. The van der Waals surface area contributed by atoms with Crippen molar-refractivity contribution in [2.24, 2.45) is 0 Å². The fourth-order valence-electron chi connectivity index (χ4n) is 5.09. The van der Waals surface area contributed by atoms with Gasteiger partial charge in [-0.15, -0.1) is 0 Å². The molecule has 2 nitrogen and oxygen atoms in total. The van der Waals surface area contributed by atoms with Crippen molar-refractivity contribution in [2.45, 2.75) is 32.1 Å². The van der Waals surface area contributed by atoms with Crippen LogP contribution in [0.2, 0.25) is 0 Å². The van der Waals surface area contributed by atoms with Crippen LogP contribution in [-0.4, -0.2) is 19.6 Å². The number of quaternary nitrogens is 1. The molecule has 2 heterocycles. The predicted octanol–water partition coefficient (Wildman–Crippen LogP) is 2.00. The summed E-state index contributed by atoms with van der Waals surface area (Å²) in [5.41, 5.74) is 6.63. The molecular weight excluding hydrogens is 402 g/mol. The Hall–Kier alpha value is -2.55. The van der Waals surface area contributed by atoms with Crippen molar-refractivity contribution in [1.29, 1.82) is 0 Å². The van der Waals surface area contributed by atoms with Crippen molar-refractivity contribution in [3.8, 4) is 5.75 Å². The van der Waals surface area contributed by atoms with E-state index in [9.17, 15) is 0 Å². The van der Waals surface area contributed by atoms with Crippen molar-refractivity contribution in [3.63, 3.8) is 0 Å². The molecule has 0 bridgehead atoms. The highest BCUT2D eigenvalue weighted by Crippen LogP contribution is 2.45. The summed E-state index contributed by atoms with van der Waals surface area (Å²) in [6.45, 7) is 5.79. The molecule has 3 aromatic carbocycles. The summed E-state index contributed by atoms with van der Waals surface area (Å²) < 4.78 is 6.63. The zero-order valence-electron chi connectivity index (χ0n) is 18.1. The van der Waals surface area contributed by atoms with Gasteiger partial charge >= 0.3 is 0 Å². The minimum absolute atomic E-state index is 0. The minimum Gasteiger partial charge on any atom is -1.00 e. The fourth-order valence-corrected chi connectivity index (χ4v) is 5.09. The molecule has 0 aliphatic carbocycles. The maximum absolute atomic E-state index is 6.63. The Morgan fingerprint density at radius 1 is 0.774 bits per heavy atom. The number of para-hydroxylation sites is 1. The summed E-state index contributed by atoms with van der Waals surface area (Å²) in [5, 5.41) is 0. The number of piperidine rings is 1. The molecular formula is C28H30ClNO. The molecule has 0 radical (unpaired) electrons. The van der Waals surface area contributed by atoms with E-state index in [1.807, 2.05) is 0 Å². The highest BCUT2D eigenvalue weighted by Gasteiger charge is 2.34. The normalized spacial score (nSPS) is 18.7. The molecule has 1 atom stereocenters. The second-order valence-corrected chi connectivity index (χ2v) is 8.64. The molecule has 0 amide bonds. The van der Waals surface area contributed by atoms with Crippen molar-refractivity contribution in [1.82, 2.24) is 0 Å². The van der Waals surface area contributed by atoms with Crippen LogP contribution in [0.5, 0.6) is 5.75 Å². The maximum Gasteiger partial charge on any atom is 0.140 e. The van der Waals surface area contributed by atoms with Crippen molar-refractivity contribution < 1.29 is 22.0 Å². The highest BCUT2D eigenvalue weighted by molar-refractivity contribution is 5.72. The Morgan fingerprint density at radius 3 is 2.16 bits per heavy atom. The lowest BCUT2D eigenvalue weighted by molar-refractivity contribution is -0.900. The van der Waals surface area contributed by atoms with E-state index < -0.39 is 0 Å². The molecule has 3 aromatic rings. The van der Waals surface area contributed by atoms with Gasteiger partial charge in [-0.3, -0.25) is 0 Å². The molecule has 1 unspecified atom stereocenters. The van der Waals surface area contributed by atoms with Crippen molar-refractivity contribution in [3.05, 3.63) is 107 Å². The first-order chi connectivity index (χ1) is 14.8. The summed E-state index contributed by atoms with van der Waals surface area (Å²) in [4.78, 5) is 1.69. The zero-order chi connectivity index (χ0) is 20.3. The average molecular weight is 432 g/mol.